The van der Waals surface area contributed by atoms with Gasteiger partial charge in [0.2, 0.25) is 5.88 Å². The zero-order chi connectivity index (χ0) is 11.7. The normalized spacial score (nSPS) is 17.9. The van der Waals surface area contributed by atoms with Crippen molar-refractivity contribution >= 4 is 21.6 Å². The smallest absolute Gasteiger partial charge is 0.234 e. The van der Waals surface area contributed by atoms with Gasteiger partial charge in [-0.05, 0) is 30.7 Å². The highest BCUT2D eigenvalue weighted by atomic mass is 32.1. The maximum absolute atomic E-state index is 5.81. The first-order valence-corrected chi connectivity index (χ1v) is 6.57. The van der Waals surface area contributed by atoms with Crippen molar-refractivity contribution in [3.05, 3.63) is 17.8 Å². The van der Waals surface area contributed by atoms with E-state index in [1.165, 1.54) is 6.42 Å². The number of aromatic nitrogens is 2. The van der Waals surface area contributed by atoms with Gasteiger partial charge in [-0.15, -0.1) is 11.3 Å². The molecule has 17 heavy (non-hydrogen) atoms. The fourth-order valence-electron chi connectivity index (χ4n) is 2.05. The number of fused-ring (bicyclic) bond motifs is 1. The van der Waals surface area contributed by atoms with Gasteiger partial charge in [0.25, 0.3) is 0 Å². The lowest BCUT2D eigenvalue weighted by atomic mass is 9.81. The van der Waals surface area contributed by atoms with E-state index in [9.17, 15) is 0 Å². The van der Waals surface area contributed by atoms with Crippen LogP contribution in [0.2, 0.25) is 0 Å². The molecule has 0 radical (unpaired) electrons. The van der Waals surface area contributed by atoms with E-state index in [1.54, 1.807) is 24.8 Å². The Morgan fingerprint density at radius 1 is 1.41 bits per heavy atom. The van der Waals surface area contributed by atoms with Gasteiger partial charge in [0.05, 0.1) is 5.52 Å². The maximum Gasteiger partial charge on any atom is 0.234 e. The van der Waals surface area contributed by atoms with Crippen LogP contribution in [0.5, 0.6) is 5.88 Å². The van der Waals surface area contributed by atoms with Crippen molar-refractivity contribution in [2.45, 2.75) is 24.9 Å². The Morgan fingerprint density at radius 2 is 2.29 bits per heavy atom. The van der Waals surface area contributed by atoms with E-state index in [0.717, 1.165) is 23.1 Å². The third-order valence-electron chi connectivity index (χ3n) is 3.38. The van der Waals surface area contributed by atoms with Crippen molar-refractivity contribution in [2.75, 3.05) is 13.7 Å². The van der Waals surface area contributed by atoms with E-state index in [-0.39, 0.29) is 5.60 Å². The molecule has 0 aromatic carbocycles. The van der Waals surface area contributed by atoms with Gasteiger partial charge in [-0.2, -0.15) is 0 Å². The number of hydrogen-bond acceptors (Lipinski definition) is 5. The summed E-state index contributed by atoms with van der Waals surface area (Å²) in [5.74, 6) is 0.674. The Kier molecular flexibility index (Phi) is 2.72. The molecule has 1 fully saturated rings. The molecule has 0 spiro atoms. The van der Waals surface area contributed by atoms with Crippen molar-refractivity contribution in [3.8, 4) is 5.88 Å². The van der Waals surface area contributed by atoms with Gasteiger partial charge in [-0.25, -0.2) is 9.97 Å². The maximum atomic E-state index is 5.81. The molecule has 2 heterocycles. The van der Waals surface area contributed by atoms with E-state index in [1.807, 2.05) is 11.4 Å². The summed E-state index contributed by atoms with van der Waals surface area (Å²) >= 11 is 1.61. The molecule has 2 aromatic heterocycles. The van der Waals surface area contributed by atoms with Gasteiger partial charge in [-0.3, -0.25) is 0 Å². The third kappa shape index (κ3) is 1.89. The fourth-order valence-corrected chi connectivity index (χ4v) is 2.83. The van der Waals surface area contributed by atoms with Crippen LogP contribution in [0.25, 0.3) is 10.2 Å². The van der Waals surface area contributed by atoms with Gasteiger partial charge >= 0.3 is 0 Å². The summed E-state index contributed by atoms with van der Waals surface area (Å²) in [6, 6.07) is 1.98. The summed E-state index contributed by atoms with van der Waals surface area (Å²) in [5, 5.41) is 2.00. The van der Waals surface area contributed by atoms with Crippen LogP contribution in [0.3, 0.4) is 0 Å². The van der Waals surface area contributed by atoms with Gasteiger partial charge < -0.3 is 9.47 Å². The van der Waals surface area contributed by atoms with Gasteiger partial charge in [0.1, 0.15) is 23.2 Å². The van der Waals surface area contributed by atoms with Crippen LogP contribution in [0.15, 0.2) is 17.8 Å². The Bertz CT molecular complexity index is 516. The summed E-state index contributed by atoms with van der Waals surface area (Å²) < 4.78 is 12.3. The summed E-state index contributed by atoms with van der Waals surface area (Å²) in [5.41, 5.74) is 0.856. The average molecular weight is 250 g/mol. The summed E-state index contributed by atoms with van der Waals surface area (Å²) in [7, 11) is 1.75. The number of rotatable bonds is 4. The number of thiophene rings is 1. The third-order valence-corrected chi connectivity index (χ3v) is 4.27. The second-order valence-electron chi connectivity index (χ2n) is 4.34. The number of methoxy groups -OCH3 is 1. The molecule has 1 saturated carbocycles. The highest BCUT2D eigenvalue weighted by molar-refractivity contribution is 7.17. The predicted octanol–water partition coefficient (Wildman–Crippen LogP) is 2.64. The molecular formula is C12H14N2O2S. The fraction of sp³-hybridized carbons (Fsp3) is 0.500. The van der Waals surface area contributed by atoms with Gasteiger partial charge in [0.15, 0.2) is 0 Å². The van der Waals surface area contributed by atoms with E-state index >= 15 is 0 Å². The monoisotopic (exact) mass is 250 g/mol. The number of nitrogens with zero attached hydrogens (tertiary/aromatic N) is 2. The van der Waals surface area contributed by atoms with Crippen LogP contribution in [0, 0.1) is 0 Å². The molecule has 0 N–H and O–H groups in total. The molecule has 0 atom stereocenters. The molecule has 2 aromatic rings. The molecule has 0 amide bonds. The lowest BCUT2D eigenvalue weighted by Crippen LogP contribution is -2.44. The molecular weight excluding hydrogens is 236 g/mol. The lowest BCUT2D eigenvalue weighted by Gasteiger charge is -2.39. The SMILES string of the molecule is COC1(COc2ncnc3ccsc23)CCC1. The van der Waals surface area contributed by atoms with Crippen LogP contribution in [-0.4, -0.2) is 29.3 Å². The van der Waals surface area contributed by atoms with Crippen LogP contribution in [-0.2, 0) is 4.74 Å². The first-order chi connectivity index (χ1) is 8.33. The van der Waals surface area contributed by atoms with E-state index in [2.05, 4.69) is 9.97 Å². The molecule has 0 bridgehead atoms. The predicted molar refractivity (Wildman–Crippen MR) is 66.5 cm³/mol. The van der Waals surface area contributed by atoms with Gasteiger partial charge in [0, 0.05) is 7.11 Å². The Labute approximate surface area is 104 Å². The second-order valence-corrected chi connectivity index (χ2v) is 5.26. The van der Waals surface area contributed by atoms with Crippen LogP contribution < -0.4 is 4.74 Å². The minimum atomic E-state index is -0.0888. The highest BCUT2D eigenvalue weighted by Gasteiger charge is 2.38. The van der Waals surface area contributed by atoms with Crippen molar-refractivity contribution in [1.82, 2.24) is 9.97 Å². The molecule has 0 saturated heterocycles. The molecule has 0 aliphatic heterocycles. The largest absolute Gasteiger partial charge is 0.473 e. The van der Waals surface area contributed by atoms with Crippen molar-refractivity contribution < 1.29 is 9.47 Å². The second kappa shape index (κ2) is 4.23. The molecule has 4 nitrogen and oxygen atoms in total. The van der Waals surface area contributed by atoms with Crippen LogP contribution in [0.1, 0.15) is 19.3 Å². The molecule has 1 aliphatic rings. The highest BCUT2D eigenvalue weighted by Crippen LogP contribution is 2.36. The molecule has 5 heteroatoms. The van der Waals surface area contributed by atoms with Crippen molar-refractivity contribution in [2.24, 2.45) is 0 Å². The van der Waals surface area contributed by atoms with E-state index < -0.39 is 0 Å². The first-order valence-electron chi connectivity index (χ1n) is 5.69. The molecule has 90 valence electrons. The van der Waals surface area contributed by atoms with E-state index in [4.69, 9.17) is 9.47 Å². The lowest BCUT2D eigenvalue weighted by molar-refractivity contribution is -0.0986. The number of ether oxygens (including phenoxy) is 2. The van der Waals surface area contributed by atoms with Gasteiger partial charge in [-0.1, -0.05) is 0 Å². The van der Waals surface area contributed by atoms with Crippen LogP contribution >= 0.6 is 11.3 Å². The van der Waals surface area contributed by atoms with E-state index in [0.29, 0.717) is 12.5 Å². The standard InChI is InChI=1S/C12H14N2O2S/c1-15-12(4-2-5-12)7-16-11-10-9(3-6-17-10)13-8-14-11/h3,6,8H,2,4-5,7H2,1H3. The topological polar surface area (TPSA) is 44.2 Å². The molecule has 1 aliphatic carbocycles. The summed E-state index contributed by atoms with van der Waals surface area (Å²) in [4.78, 5) is 8.39. The molecule has 0 unspecified atom stereocenters. The quantitative estimate of drug-likeness (QED) is 0.836. The summed E-state index contributed by atoms with van der Waals surface area (Å²) in [6.07, 6.45) is 4.91. The molecule has 3 rings (SSSR count). The summed E-state index contributed by atoms with van der Waals surface area (Å²) in [6.45, 7) is 0.577. The van der Waals surface area contributed by atoms with Crippen molar-refractivity contribution in [3.63, 3.8) is 0 Å². The Balaban J connectivity index is 1.78. The zero-order valence-corrected chi connectivity index (χ0v) is 10.5. The Morgan fingerprint density at radius 3 is 3.00 bits per heavy atom. The Hall–Kier alpha value is -1.20. The van der Waals surface area contributed by atoms with Crippen LogP contribution in [0.4, 0.5) is 0 Å². The zero-order valence-electron chi connectivity index (χ0n) is 9.68. The minimum absolute atomic E-state index is 0.0888. The average Bonchev–Trinajstić information content (AvgIpc) is 2.77. The van der Waals surface area contributed by atoms with Crippen molar-refractivity contribution in [1.29, 1.82) is 0 Å². The number of hydrogen-bond donors (Lipinski definition) is 0. The minimum Gasteiger partial charge on any atom is -0.473 e. The first kappa shape index (κ1) is 10.9.